The Morgan fingerprint density at radius 2 is 2.07 bits per heavy atom. The van der Waals surface area contributed by atoms with Crippen molar-refractivity contribution >= 4 is 29.1 Å². The smallest absolute Gasteiger partial charge is 0.0646 e. The average molecular weight is 245 g/mol. The zero-order valence-electron chi connectivity index (χ0n) is 9.38. The van der Waals surface area contributed by atoms with Gasteiger partial charge in [-0.3, -0.25) is 0 Å². The Bertz CT molecular complexity index is 340. The Hall–Kier alpha value is -0.380. The molecule has 4 heteroatoms. The topological polar surface area (TPSA) is 29.3 Å². The summed E-state index contributed by atoms with van der Waals surface area (Å²) >= 11 is 7.80. The van der Waals surface area contributed by atoms with Gasteiger partial charge in [0.1, 0.15) is 0 Å². The highest BCUT2D eigenvalue weighted by Crippen LogP contribution is 2.29. The highest BCUT2D eigenvalue weighted by molar-refractivity contribution is 7.99. The second kappa shape index (κ2) is 5.64. The maximum Gasteiger partial charge on any atom is 0.0646 e. The maximum absolute atomic E-state index is 5.98. The van der Waals surface area contributed by atoms with E-state index >= 15 is 0 Å². The third-order valence-electron chi connectivity index (χ3n) is 2.09. The van der Waals surface area contributed by atoms with Crippen LogP contribution in [0.1, 0.15) is 5.56 Å². The molecule has 0 aromatic heterocycles. The third kappa shape index (κ3) is 3.93. The number of nitrogens with two attached hydrogens (primary N) is 1. The number of nitrogens with zero attached hydrogens (tertiary/aromatic N) is 1. The molecule has 2 N–H and O–H groups in total. The van der Waals surface area contributed by atoms with Crippen molar-refractivity contribution in [3.63, 3.8) is 0 Å². The van der Waals surface area contributed by atoms with Crippen molar-refractivity contribution in [1.29, 1.82) is 0 Å². The third-order valence-corrected chi connectivity index (χ3v) is 3.56. The number of hydrogen-bond donors (Lipinski definition) is 1. The lowest BCUT2D eigenvalue weighted by Crippen LogP contribution is -2.14. The summed E-state index contributed by atoms with van der Waals surface area (Å²) in [6.45, 7) is 3.12. The van der Waals surface area contributed by atoms with Gasteiger partial charge in [0.2, 0.25) is 0 Å². The van der Waals surface area contributed by atoms with Gasteiger partial charge in [0, 0.05) is 17.2 Å². The van der Waals surface area contributed by atoms with Crippen molar-refractivity contribution in [3.8, 4) is 0 Å². The molecule has 84 valence electrons. The van der Waals surface area contributed by atoms with E-state index in [1.165, 1.54) is 10.5 Å². The van der Waals surface area contributed by atoms with E-state index in [9.17, 15) is 0 Å². The molecule has 0 fully saturated rings. The number of nitrogen functional groups attached to an aromatic ring is 1. The molecule has 0 heterocycles. The first kappa shape index (κ1) is 12.7. The molecule has 2 nitrogen and oxygen atoms in total. The molecule has 0 saturated carbocycles. The number of benzene rings is 1. The quantitative estimate of drug-likeness (QED) is 0.653. The Balaban J connectivity index is 2.65. The predicted molar refractivity (Wildman–Crippen MR) is 69.9 cm³/mol. The van der Waals surface area contributed by atoms with E-state index in [0.717, 1.165) is 12.3 Å². The molecular weight excluding hydrogens is 228 g/mol. The summed E-state index contributed by atoms with van der Waals surface area (Å²) in [5, 5.41) is 0.646. The van der Waals surface area contributed by atoms with Crippen molar-refractivity contribution in [2.45, 2.75) is 11.8 Å². The summed E-state index contributed by atoms with van der Waals surface area (Å²) in [6.07, 6.45) is 0. The number of rotatable bonds is 4. The minimum atomic E-state index is 0.646. The fourth-order valence-electron chi connectivity index (χ4n) is 1.18. The monoisotopic (exact) mass is 244 g/mol. The van der Waals surface area contributed by atoms with E-state index in [1.54, 1.807) is 0 Å². The van der Waals surface area contributed by atoms with Crippen LogP contribution >= 0.6 is 23.4 Å². The van der Waals surface area contributed by atoms with Crippen LogP contribution in [0, 0.1) is 6.92 Å². The van der Waals surface area contributed by atoms with Gasteiger partial charge in [-0.05, 0) is 38.7 Å². The molecule has 0 amide bonds. The molecular formula is C11H17ClN2S. The van der Waals surface area contributed by atoms with Crippen molar-refractivity contribution in [3.05, 3.63) is 22.7 Å². The van der Waals surface area contributed by atoms with Crippen LogP contribution in [0.5, 0.6) is 0 Å². The Kier molecular flexibility index (Phi) is 4.77. The standard InChI is InChI=1S/C11H17ClN2S/c1-8-6-10(13)9(12)7-11(8)15-5-4-14(2)3/h6-7H,4-5,13H2,1-3H3. The van der Waals surface area contributed by atoms with E-state index < -0.39 is 0 Å². The van der Waals surface area contributed by atoms with Gasteiger partial charge in [0.25, 0.3) is 0 Å². The molecule has 15 heavy (non-hydrogen) atoms. The Morgan fingerprint density at radius 1 is 1.40 bits per heavy atom. The minimum absolute atomic E-state index is 0.646. The zero-order valence-corrected chi connectivity index (χ0v) is 11.0. The molecule has 0 atom stereocenters. The van der Waals surface area contributed by atoms with Gasteiger partial charge >= 0.3 is 0 Å². The number of thioether (sulfide) groups is 1. The second-order valence-electron chi connectivity index (χ2n) is 3.79. The summed E-state index contributed by atoms with van der Waals surface area (Å²) < 4.78 is 0. The van der Waals surface area contributed by atoms with E-state index in [0.29, 0.717) is 10.7 Å². The average Bonchev–Trinajstić information content (AvgIpc) is 2.13. The molecule has 0 unspecified atom stereocenters. The van der Waals surface area contributed by atoms with E-state index in [4.69, 9.17) is 17.3 Å². The zero-order chi connectivity index (χ0) is 11.4. The van der Waals surface area contributed by atoms with Gasteiger partial charge in [-0.1, -0.05) is 11.6 Å². The Labute approximate surface area is 101 Å². The number of aryl methyl sites for hydroxylation is 1. The van der Waals surface area contributed by atoms with Crippen LogP contribution in [0.25, 0.3) is 0 Å². The van der Waals surface area contributed by atoms with Gasteiger partial charge in [-0.2, -0.15) is 0 Å². The summed E-state index contributed by atoms with van der Waals surface area (Å²) in [7, 11) is 4.15. The van der Waals surface area contributed by atoms with Gasteiger partial charge in [0.05, 0.1) is 10.7 Å². The number of halogens is 1. The summed E-state index contributed by atoms with van der Waals surface area (Å²) in [6, 6.07) is 3.88. The van der Waals surface area contributed by atoms with E-state index in [-0.39, 0.29) is 0 Å². The van der Waals surface area contributed by atoms with Gasteiger partial charge in [-0.15, -0.1) is 11.8 Å². The molecule has 0 bridgehead atoms. The first-order valence-electron chi connectivity index (χ1n) is 4.84. The van der Waals surface area contributed by atoms with Crippen LogP contribution in [0.3, 0.4) is 0 Å². The van der Waals surface area contributed by atoms with Crippen molar-refractivity contribution in [2.24, 2.45) is 0 Å². The molecule has 1 aromatic rings. The molecule has 0 aliphatic heterocycles. The fraction of sp³-hybridized carbons (Fsp3) is 0.455. The molecule has 1 rings (SSSR count). The van der Waals surface area contributed by atoms with Crippen LogP contribution in [-0.4, -0.2) is 31.3 Å². The van der Waals surface area contributed by atoms with E-state index in [2.05, 4.69) is 25.9 Å². The molecule has 0 aliphatic rings. The van der Waals surface area contributed by atoms with Crippen LogP contribution in [-0.2, 0) is 0 Å². The van der Waals surface area contributed by atoms with Gasteiger partial charge < -0.3 is 10.6 Å². The van der Waals surface area contributed by atoms with Gasteiger partial charge in [0.15, 0.2) is 0 Å². The molecule has 0 aliphatic carbocycles. The molecule has 0 radical (unpaired) electrons. The maximum atomic E-state index is 5.98. The largest absolute Gasteiger partial charge is 0.398 e. The molecule has 0 saturated heterocycles. The SMILES string of the molecule is Cc1cc(N)c(Cl)cc1SCCN(C)C. The van der Waals surface area contributed by atoms with Crippen molar-refractivity contribution in [2.75, 3.05) is 32.1 Å². The highest BCUT2D eigenvalue weighted by atomic mass is 35.5. The summed E-state index contributed by atoms with van der Waals surface area (Å²) in [5.74, 6) is 1.06. The number of anilines is 1. The molecule has 0 spiro atoms. The first-order valence-corrected chi connectivity index (χ1v) is 6.20. The van der Waals surface area contributed by atoms with Crippen molar-refractivity contribution < 1.29 is 0 Å². The molecule has 1 aromatic carbocycles. The first-order chi connectivity index (χ1) is 7.00. The van der Waals surface area contributed by atoms with Crippen molar-refractivity contribution in [1.82, 2.24) is 4.90 Å². The highest BCUT2D eigenvalue weighted by Gasteiger charge is 2.04. The lowest BCUT2D eigenvalue weighted by Gasteiger charge is -2.11. The summed E-state index contributed by atoms with van der Waals surface area (Å²) in [4.78, 5) is 3.39. The Morgan fingerprint density at radius 3 is 2.67 bits per heavy atom. The van der Waals surface area contributed by atoms with E-state index in [1.807, 2.05) is 23.9 Å². The normalized spacial score (nSPS) is 11.0. The predicted octanol–water partition coefficient (Wildman–Crippen LogP) is 2.88. The number of hydrogen-bond acceptors (Lipinski definition) is 3. The van der Waals surface area contributed by atoms with Crippen LogP contribution in [0.15, 0.2) is 17.0 Å². The minimum Gasteiger partial charge on any atom is -0.398 e. The second-order valence-corrected chi connectivity index (χ2v) is 5.33. The van der Waals surface area contributed by atoms with Crippen LogP contribution < -0.4 is 5.73 Å². The lowest BCUT2D eigenvalue weighted by atomic mass is 10.2. The summed E-state index contributed by atoms with van der Waals surface area (Å²) in [5.41, 5.74) is 7.57. The van der Waals surface area contributed by atoms with Gasteiger partial charge in [-0.25, -0.2) is 0 Å². The fourth-order valence-corrected chi connectivity index (χ4v) is 2.57. The van der Waals surface area contributed by atoms with Crippen LogP contribution in [0.2, 0.25) is 5.02 Å². The lowest BCUT2D eigenvalue weighted by molar-refractivity contribution is 0.437. The van der Waals surface area contributed by atoms with Crippen LogP contribution in [0.4, 0.5) is 5.69 Å².